The number of piperazine rings is 1. The fourth-order valence-corrected chi connectivity index (χ4v) is 6.32. The van der Waals surface area contributed by atoms with Crippen molar-refractivity contribution in [3.05, 3.63) is 54.7 Å². The van der Waals surface area contributed by atoms with Gasteiger partial charge >= 0.3 is 12.2 Å². The average Bonchev–Trinajstić information content (AvgIpc) is 3.42. The van der Waals surface area contributed by atoms with Crippen LogP contribution in [0.4, 0.5) is 35.2 Å². The molecular formula is C34H42F3N9O3. The second-order valence-electron chi connectivity index (χ2n) is 13.8. The minimum absolute atomic E-state index is 0.0922. The monoisotopic (exact) mass is 681 g/mol. The summed E-state index contributed by atoms with van der Waals surface area (Å²) in [5, 5.41) is 13.7. The van der Waals surface area contributed by atoms with Gasteiger partial charge < -0.3 is 35.2 Å². The van der Waals surface area contributed by atoms with Crippen molar-refractivity contribution in [1.29, 1.82) is 0 Å². The van der Waals surface area contributed by atoms with E-state index in [9.17, 15) is 18.0 Å². The number of morpholine rings is 1. The van der Waals surface area contributed by atoms with Gasteiger partial charge in [-0.15, -0.1) is 0 Å². The number of hydrogen-bond acceptors (Lipinski definition) is 9. The number of likely N-dealkylation sites (N-methyl/N-ethyl adjacent to an activating group) is 1. The van der Waals surface area contributed by atoms with Crippen LogP contribution in [0.1, 0.15) is 20.8 Å². The van der Waals surface area contributed by atoms with Crippen molar-refractivity contribution in [3.63, 3.8) is 0 Å². The third kappa shape index (κ3) is 7.43. The second-order valence-corrected chi connectivity index (χ2v) is 13.8. The Bertz CT molecular complexity index is 1760. The highest BCUT2D eigenvalue weighted by atomic mass is 19.4. The third-order valence-electron chi connectivity index (χ3n) is 9.02. The number of fused-ring (bicyclic) bond motifs is 3. The molecule has 3 N–H and O–H groups in total. The van der Waals surface area contributed by atoms with Crippen LogP contribution < -0.4 is 25.6 Å². The summed E-state index contributed by atoms with van der Waals surface area (Å²) in [6.45, 7) is 8.56. The fourth-order valence-electron chi connectivity index (χ4n) is 6.32. The number of halogens is 3. The summed E-state index contributed by atoms with van der Waals surface area (Å²) in [5.41, 5.74) is 0.950. The number of carbonyl (C=O) groups is 1. The molecule has 15 heteroatoms. The SMILES string of the molecule is CN(C)CCOc1ccc(NC(=O)Nc2ccc(-c3nc(N4C5CNCC4(C(C)(C)C)COC5)c4cnn(CC(F)(F)F)c4n3)cc2)cc1. The van der Waals surface area contributed by atoms with E-state index in [4.69, 9.17) is 14.5 Å². The van der Waals surface area contributed by atoms with Gasteiger partial charge in [0.05, 0.1) is 36.4 Å². The van der Waals surface area contributed by atoms with Crippen molar-refractivity contribution in [3.8, 4) is 17.1 Å². The Morgan fingerprint density at radius 1 is 1.06 bits per heavy atom. The zero-order valence-electron chi connectivity index (χ0n) is 28.3. The van der Waals surface area contributed by atoms with Gasteiger partial charge in [-0.25, -0.2) is 19.4 Å². The molecule has 2 unspecified atom stereocenters. The van der Waals surface area contributed by atoms with E-state index in [-0.39, 0.29) is 22.9 Å². The predicted octanol–water partition coefficient (Wildman–Crippen LogP) is 5.23. The van der Waals surface area contributed by atoms with Crippen LogP contribution in [0.2, 0.25) is 0 Å². The molecule has 0 radical (unpaired) electrons. The molecule has 2 aliphatic rings. The first-order valence-electron chi connectivity index (χ1n) is 16.2. The maximum atomic E-state index is 13.6. The Balaban J connectivity index is 1.27. The number of benzene rings is 2. The number of ether oxygens (including phenoxy) is 2. The largest absolute Gasteiger partial charge is 0.492 e. The molecule has 2 aromatic heterocycles. The van der Waals surface area contributed by atoms with E-state index in [2.05, 4.69) is 51.7 Å². The Kier molecular flexibility index (Phi) is 9.44. The molecule has 12 nitrogen and oxygen atoms in total. The van der Waals surface area contributed by atoms with Crippen molar-refractivity contribution in [2.75, 3.05) is 69.1 Å². The molecule has 0 aliphatic carbocycles. The van der Waals surface area contributed by atoms with E-state index in [0.717, 1.165) is 11.2 Å². The molecule has 2 amide bonds. The van der Waals surface area contributed by atoms with Gasteiger partial charge in [-0.1, -0.05) is 20.8 Å². The third-order valence-corrected chi connectivity index (χ3v) is 9.02. The maximum absolute atomic E-state index is 13.6. The molecule has 49 heavy (non-hydrogen) atoms. The summed E-state index contributed by atoms with van der Waals surface area (Å²) in [6.07, 6.45) is -3.07. The number of aromatic nitrogens is 4. The molecule has 4 aromatic rings. The highest BCUT2D eigenvalue weighted by Crippen LogP contribution is 2.45. The van der Waals surface area contributed by atoms with Crippen LogP contribution in [0, 0.1) is 5.41 Å². The molecule has 2 aliphatic heterocycles. The quantitative estimate of drug-likeness (QED) is 0.218. The molecule has 2 bridgehead atoms. The molecule has 262 valence electrons. The van der Waals surface area contributed by atoms with Crippen LogP contribution in [0.5, 0.6) is 5.75 Å². The first-order valence-corrected chi connectivity index (χ1v) is 16.2. The summed E-state index contributed by atoms with van der Waals surface area (Å²) in [4.78, 5) is 26.6. The smallest absolute Gasteiger partial charge is 0.408 e. The lowest BCUT2D eigenvalue weighted by molar-refractivity contribution is -0.141. The zero-order chi connectivity index (χ0) is 35.0. The van der Waals surface area contributed by atoms with Crippen LogP contribution in [-0.2, 0) is 11.3 Å². The first-order chi connectivity index (χ1) is 23.2. The minimum Gasteiger partial charge on any atom is -0.492 e. The number of carbonyl (C=O) groups excluding carboxylic acids is 1. The van der Waals surface area contributed by atoms with Gasteiger partial charge in [0.15, 0.2) is 11.5 Å². The fraction of sp³-hybridized carbons (Fsp3) is 0.471. The highest BCUT2D eigenvalue weighted by Gasteiger charge is 2.55. The average molecular weight is 682 g/mol. The molecule has 2 saturated heterocycles. The number of nitrogens with one attached hydrogen (secondary N) is 3. The van der Waals surface area contributed by atoms with Gasteiger partial charge in [0.25, 0.3) is 0 Å². The van der Waals surface area contributed by atoms with E-state index in [1.807, 2.05) is 19.0 Å². The molecule has 2 fully saturated rings. The minimum atomic E-state index is -4.49. The molecule has 6 rings (SSSR count). The molecular weight excluding hydrogens is 639 g/mol. The molecule has 0 saturated carbocycles. The summed E-state index contributed by atoms with van der Waals surface area (Å²) in [6, 6.07) is 13.4. The molecule has 0 spiro atoms. The lowest BCUT2D eigenvalue weighted by atomic mass is 9.70. The molecule has 2 aromatic carbocycles. The van der Waals surface area contributed by atoms with E-state index in [1.165, 1.54) is 6.20 Å². The second kappa shape index (κ2) is 13.4. The van der Waals surface area contributed by atoms with Gasteiger partial charge in [-0.3, -0.25) is 0 Å². The Morgan fingerprint density at radius 3 is 2.37 bits per heavy atom. The van der Waals surface area contributed by atoms with E-state index < -0.39 is 24.3 Å². The number of nitrogens with zero attached hydrogens (tertiary/aromatic N) is 6. The van der Waals surface area contributed by atoms with E-state index >= 15 is 0 Å². The summed E-state index contributed by atoms with van der Waals surface area (Å²) >= 11 is 0. The normalized spacial score (nSPS) is 19.7. The van der Waals surface area contributed by atoms with Gasteiger partial charge in [-0.05, 0) is 68.0 Å². The predicted molar refractivity (Wildman–Crippen MR) is 182 cm³/mol. The zero-order valence-corrected chi connectivity index (χ0v) is 28.3. The summed E-state index contributed by atoms with van der Waals surface area (Å²) < 4.78 is 53.5. The van der Waals surface area contributed by atoms with Gasteiger partial charge in [0.2, 0.25) is 0 Å². The van der Waals surface area contributed by atoms with Crippen molar-refractivity contribution < 1.29 is 27.4 Å². The number of hydrogen-bond donors (Lipinski definition) is 3. The lowest BCUT2D eigenvalue weighted by Gasteiger charge is -2.60. The van der Waals surface area contributed by atoms with Gasteiger partial charge in [0, 0.05) is 36.6 Å². The van der Waals surface area contributed by atoms with Crippen molar-refractivity contribution in [2.45, 2.75) is 45.1 Å². The number of rotatable bonds is 9. The van der Waals surface area contributed by atoms with E-state index in [0.29, 0.717) is 66.8 Å². The van der Waals surface area contributed by atoms with Gasteiger partial charge in [-0.2, -0.15) is 18.3 Å². The van der Waals surface area contributed by atoms with Crippen LogP contribution in [-0.4, -0.2) is 102 Å². The molecule has 4 heterocycles. The van der Waals surface area contributed by atoms with Crippen molar-refractivity contribution >= 4 is 34.3 Å². The van der Waals surface area contributed by atoms with Crippen molar-refractivity contribution in [2.24, 2.45) is 5.41 Å². The van der Waals surface area contributed by atoms with E-state index in [1.54, 1.807) is 48.5 Å². The first kappa shape index (κ1) is 34.4. The van der Waals surface area contributed by atoms with Crippen LogP contribution >= 0.6 is 0 Å². The topological polar surface area (TPSA) is 122 Å². The summed E-state index contributed by atoms with van der Waals surface area (Å²) in [7, 11) is 3.94. The Labute approximate surface area is 283 Å². The Morgan fingerprint density at radius 2 is 1.73 bits per heavy atom. The van der Waals surface area contributed by atoms with Gasteiger partial charge in [0.1, 0.15) is 24.7 Å². The highest BCUT2D eigenvalue weighted by molar-refractivity contribution is 6.00. The van der Waals surface area contributed by atoms with Crippen molar-refractivity contribution in [1.82, 2.24) is 30.0 Å². The number of amides is 2. The number of alkyl halides is 3. The van der Waals surface area contributed by atoms with Crippen LogP contribution in [0.25, 0.3) is 22.4 Å². The lowest BCUT2D eigenvalue weighted by Crippen LogP contribution is -2.76. The number of urea groups is 1. The number of anilines is 3. The summed E-state index contributed by atoms with van der Waals surface area (Å²) in [5.74, 6) is 1.47. The standard InChI is InChI=1S/C34H42F3N9O3/c1-32(2,3)33-19-38-16-25(18-48-21-33)46(33)30-27-17-39-45(20-34(35,36)37)29(27)42-28(43-30)22-6-8-23(9-7-22)40-31(47)41-24-10-12-26(13-11-24)49-15-14-44(4)5/h6-13,17,25,38H,14-16,18-21H2,1-5H3,(H2,40,41,47). The Hall–Kier alpha value is -4.47. The maximum Gasteiger partial charge on any atom is 0.408 e. The van der Waals surface area contributed by atoms with Crippen LogP contribution in [0.15, 0.2) is 54.7 Å². The van der Waals surface area contributed by atoms with Crippen LogP contribution in [0.3, 0.4) is 0 Å². The molecule has 2 atom stereocenters.